The third-order valence-corrected chi connectivity index (χ3v) is 6.11. The topological polar surface area (TPSA) is 113 Å². The minimum Gasteiger partial charge on any atom is -0.366 e. The van der Waals surface area contributed by atoms with E-state index in [9.17, 15) is 14.4 Å². The van der Waals surface area contributed by atoms with Gasteiger partial charge in [0.1, 0.15) is 0 Å². The van der Waals surface area contributed by atoms with Crippen LogP contribution >= 0.6 is 0 Å². The number of likely N-dealkylation sites (tertiary alicyclic amines) is 2. The molecule has 2 N–H and O–H groups in total. The monoisotopic (exact) mass is 436 g/mol. The van der Waals surface area contributed by atoms with E-state index in [2.05, 4.69) is 4.98 Å². The van der Waals surface area contributed by atoms with Crippen molar-refractivity contribution in [3.05, 3.63) is 41.7 Å². The number of hydrogen-bond acceptors (Lipinski definition) is 6. The van der Waals surface area contributed by atoms with E-state index in [0.29, 0.717) is 37.6 Å². The number of carbonyl (C=O) groups excluding carboxylic acids is 3. The fraction of sp³-hybridized carbons (Fsp3) is 0.435. The number of anilines is 1. The second kappa shape index (κ2) is 8.94. The van der Waals surface area contributed by atoms with E-state index >= 15 is 0 Å². The third-order valence-electron chi connectivity index (χ3n) is 6.11. The number of aromatic nitrogens is 2. The van der Waals surface area contributed by atoms with Gasteiger partial charge in [0, 0.05) is 63.4 Å². The zero-order valence-corrected chi connectivity index (χ0v) is 18.5. The van der Waals surface area contributed by atoms with E-state index in [-0.39, 0.29) is 24.3 Å². The van der Waals surface area contributed by atoms with E-state index in [0.717, 1.165) is 29.7 Å². The predicted molar refractivity (Wildman–Crippen MR) is 120 cm³/mol. The highest BCUT2D eigenvalue weighted by molar-refractivity contribution is 5.93. The summed E-state index contributed by atoms with van der Waals surface area (Å²) < 4.78 is 0. The summed E-state index contributed by atoms with van der Waals surface area (Å²) in [7, 11) is 3.77. The molecule has 2 aliphatic heterocycles. The molecular weight excluding hydrogens is 408 g/mol. The van der Waals surface area contributed by atoms with Crippen molar-refractivity contribution < 1.29 is 14.4 Å². The number of benzene rings is 1. The van der Waals surface area contributed by atoms with E-state index in [4.69, 9.17) is 10.7 Å². The summed E-state index contributed by atoms with van der Waals surface area (Å²) >= 11 is 0. The summed E-state index contributed by atoms with van der Waals surface area (Å²) in [5.74, 6) is 0.224. The van der Waals surface area contributed by atoms with E-state index < -0.39 is 5.91 Å². The summed E-state index contributed by atoms with van der Waals surface area (Å²) in [6, 6.07) is 7.07. The standard InChI is InChI=1S/C23H28N6O3/c1-27(2)23-25-12-18(15-5-7-16(8-6-15)22(24)32)21(26-23)17-9-11-29(13-17)20(31)14-28-10-3-4-19(28)30/h5-8,12,17H,3-4,9-11,13-14H2,1-2H3,(H2,24,32). The molecule has 0 spiro atoms. The molecule has 0 radical (unpaired) electrons. The second-order valence-corrected chi connectivity index (χ2v) is 8.55. The minimum absolute atomic E-state index is 0.0167. The van der Waals surface area contributed by atoms with Crippen LogP contribution in [0.1, 0.15) is 41.2 Å². The fourth-order valence-corrected chi connectivity index (χ4v) is 4.29. The van der Waals surface area contributed by atoms with E-state index in [1.807, 2.05) is 36.0 Å². The van der Waals surface area contributed by atoms with Crippen LogP contribution in [-0.4, -0.2) is 77.8 Å². The molecule has 3 amide bonds. The molecule has 3 heterocycles. The second-order valence-electron chi connectivity index (χ2n) is 8.55. The Bertz CT molecular complexity index is 1040. The van der Waals surface area contributed by atoms with Gasteiger partial charge in [0.05, 0.1) is 12.2 Å². The van der Waals surface area contributed by atoms with Gasteiger partial charge in [-0.05, 0) is 30.5 Å². The van der Waals surface area contributed by atoms with E-state index in [1.165, 1.54) is 0 Å². The van der Waals surface area contributed by atoms with Crippen molar-refractivity contribution in [2.24, 2.45) is 5.73 Å². The lowest BCUT2D eigenvalue weighted by molar-refractivity contribution is -0.137. The van der Waals surface area contributed by atoms with Gasteiger partial charge in [0.15, 0.2) is 0 Å². The molecule has 9 heteroatoms. The van der Waals surface area contributed by atoms with Gasteiger partial charge < -0.3 is 20.4 Å². The number of amides is 3. The molecule has 2 aliphatic rings. The average molecular weight is 437 g/mol. The van der Waals surface area contributed by atoms with Gasteiger partial charge in [-0.1, -0.05) is 12.1 Å². The van der Waals surface area contributed by atoms with Gasteiger partial charge in [-0.3, -0.25) is 14.4 Å². The maximum Gasteiger partial charge on any atom is 0.248 e. The van der Waals surface area contributed by atoms with Crippen molar-refractivity contribution in [2.75, 3.05) is 45.2 Å². The summed E-state index contributed by atoms with van der Waals surface area (Å²) in [5, 5.41) is 0. The lowest BCUT2D eigenvalue weighted by atomic mass is 9.95. The normalized spacial score (nSPS) is 18.3. The van der Waals surface area contributed by atoms with Crippen molar-refractivity contribution in [3.8, 4) is 11.1 Å². The van der Waals surface area contributed by atoms with Crippen LogP contribution in [0, 0.1) is 0 Å². The fourth-order valence-electron chi connectivity index (χ4n) is 4.29. The van der Waals surface area contributed by atoms with Crippen molar-refractivity contribution in [2.45, 2.75) is 25.2 Å². The number of rotatable bonds is 6. The molecule has 2 aromatic rings. The molecule has 2 saturated heterocycles. The summed E-state index contributed by atoms with van der Waals surface area (Å²) in [5.41, 5.74) is 8.45. The smallest absolute Gasteiger partial charge is 0.248 e. The first kappa shape index (κ1) is 21.7. The average Bonchev–Trinajstić information content (AvgIpc) is 3.43. The lowest BCUT2D eigenvalue weighted by Crippen LogP contribution is -2.39. The van der Waals surface area contributed by atoms with Gasteiger partial charge >= 0.3 is 0 Å². The Kier molecular flexibility index (Phi) is 6.07. The Hall–Kier alpha value is -3.49. The van der Waals surface area contributed by atoms with Crippen LogP contribution in [0.15, 0.2) is 30.5 Å². The van der Waals surface area contributed by atoms with Gasteiger partial charge in [-0.25, -0.2) is 9.97 Å². The molecule has 0 bridgehead atoms. The Balaban J connectivity index is 1.57. The first-order valence-electron chi connectivity index (χ1n) is 10.8. The molecule has 0 aliphatic carbocycles. The number of hydrogen-bond donors (Lipinski definition) is 1. The SMILES string of the molecule is CN(C)c1ncc(-c2ccc(C(N)=O)cc2)c(C2CCN(C(=O)CN3CCCC3=O)C2)n1. The zero-order valence-electron chi connectivity index (χ0n) is 18.5. The van der Waals surface area contributed by atoms with Crippen LogP contribution in [0.5, 0.6) is 0 Å². The summed E-state index contributed by atoms with van der Waals surface area (Å²) in [6.07, 6.45) is 3.93. The highest BCUT2D eigenvalue weighted by Gasteiger charge is 2.32. The van der Waals surface area contributed by atoms with Crippen LogP contribution in [0.2, 0.25) is 0 Å². The van der Waals surface area contributed by atoms with Crippen molar-refractivity contribution >= 4 is 23.7 Å². The number of primary amides is 1. The Labute approximate surface area is 187 Å². The maximum atomic E-state index is 12.8. The van der Waals surface area contributed by atoms with Crippen LogP contribution < -0.4 is 10.6 Å². The third kappa shape index (κ3) is 4.42. The largest absolute Gasteiger partial charge is 0.366 e. The lowest BCUT2D eigenvalue weighted by Gasteiger charge is -2.22. The van der Waals surface area contributed by atoms with Gasteiger partial charge in [0.2, 0.25) is 23.7 Å². The van der Waals surface area contributed by atoms with Crippen molar-refractivity contribution in [1.82, 2.24) is 19.8 Å². The molecule has 168 valence electrons. The van der Waals surface area contributed by atoms with Gasteiger partial charge in [-0.2, -0.15) is 0 Å². The molecule has 1 atom stereocenters. The molecule has 1 aromatic heterocycles. The number of carbonyl (C=O) groups is 3. The Morgan fingerprint density at radius 3 is 2.56 bits per heavy atom. The first-order valence-corrected chi connectivity index (χ1v) is 10.8. The zero-order chi connectivity index (χ0) is 22.8. The maximum absolute atomic E-state index is 12.8. The number of nitrogens with zero attached hydrogens (tertiary/aromatic N) is 5. The molecule has 1 unspecified atom stereocenters. The molecule has 4 rings (SSSR count). The minimum atomic E-state index is -0.475. The van der Waals surface area contributed by atoms with Gasteiger partial charge in [-0.15, -0.1) is 0 Å². The molecule has 0 saturated carbocycles. The van der Waals surface area contributed by atoms with Crippen LogP contribution in [0.25, 0.3) is 11.1 Å². The Morgan fingerprint density at radius 1 is 1.19 bits per heavy atom. The molecule has 2 fully saturated rings. The van der Waals surface area contributed by atoms with Crippen LogP contribution in [0.3, 0.4) is 0 Å². The highest BCUT2D eigenvalue weighted by Crippen LogP contribution is 2.34. The molecule has 1 aromatic carbocycles. The van der Waals surface area contributed by atoms with Crippen molar-refractivity contribution in [3.63, 3.8) is 0 Å². The first-order chi connectivity index (χ1) is 15.3. The summed E-state index contributed by atoms with van der Waals surface area (Å²) in [4.78, 5) is 50.7. The quantitative estimate of drug-likeness (QED) is 0.729. The molecule has 9 nitrogen and oxygen atoms in total. The van der Waals surface area contributed by atoms with Gasteiger partial charge in [0.25, 0.3) is 0 Å². The number of nitrogens with two attached hydrogens (primary N) is 1. The van der Waals surface area contributed by atoms with Crippen LogP contribution in [0.4, 0.5) is 5.95 Å². The molecular formula is C23H28N6O3. The predicted octanol–water partition coefficient (Wildman–Crippen LogP) is 1.25. The Morgan fingerprint density at radius 2 is 1.94 bits per heavy atom. The summed E-state index contributed by atoms with van der Waals surface area (Å²) in [6.45, 7) is 2.00. The van der Waals surface area contributed by atoms with E-state index in [1.54, 1.807) is 23.2 Å². The van der Waals surface area contributed by atoms with Crippen LogP contribution in [-0.2, 0) is 9.59 Å². The van der Waals surface area contributed by atoms with Crippen molar-refractivity contribution in [1.29, 1.82) is 0 Å². The highest BCUT2D eigenvalue weighted by atomic mass is 16.2. The molecule has 32 heavy (non-hydrogen) atoms.